The Balaban J connectivity index is 2.21. The highest BCUT2D eigenvalue weighted by molar-refractivity contribution is 9.10. The Hall–Kier alpha value is -1.36. The molecule has 1 aromatic rings. The Morgan fingerprint density at radius 1 is 1.50 bits per heavy atom. The van der Waals surface area contributed by atoms with Crippen molar-refractivity contribution in [3.8, 4) is 5.75 Å². The molecule has 1 fully saturated rings. The molecule has 0 aromatic heterocycles. The minimum atomic E-state index is -0.0692. The van der Waals surface area contributed by atoms with Crippen molar-refractivity contribution in [2.75, 3.05) is 20.2 Å². The normalized spacial score (nSPS) is 19.1. The lowest BCUT2D eigenvalue weighted by Crippen LogP contribution is -2.44. The predicted molar refractivity (Wildman–Crippen MR) is 80.0 cm³/mol. The number of methoxy groups -OCH3 is 1. The van der Waals surface area contributed by atoms with Crippen molar-refractivity contribution >= 4 is 27.6 Å². The van der Waals surface area contributed by atoms with Gasteiger partial charge in [0, 0.05) is 29.9 Å². The van der Waals surface area contributed by atoms with E-state index in [4.69, 9.17) is 4.74 Å². The van der Waals surface area contributed by atoms with Gasteiger partial charge in [-0.15, -0.1) is 0 Å². The molecule has 2 rings (SSSR count). The van der Waals surface area contributed by atoms with Crippen molar-refractivity contribution in [1.29, 1.82) is 0 Å². The molecular formula is C15H18BrNO3. The Morgan fingerprint density at radius 2 is 2.25 bits per heavy atom. The summed E-state index contributed by atoms with van der Waals surface area (Å²) in [5.74, 6) is 0.711. The van der Waals surface area contributed by atoms with E-state index in [1.165, 1.54) is 0 Å². The minimum absolute atomic E-state index is 0.0332. The van der Waals surface area contributed by atoms with Crippen LogP contribution in [0.4, 0.5) is 0 Å². The molecule has 1 aliphatic heterocycles. The third-order valence-electron chi connectivity index (χ3n) is 3.70. The summed E-state index contributed by atoms with van der Waals surface area (Å²) in [5.41, 5.74) is 0.542. The second-order valence-electron chi connectivity index (χ2n) is 4.92. The van der Waals surface area contributed by atoms with E-state index in [2.05, 4.69) is 15.9 Å². The van der Waals surface area contributed by atoms with Gasteiger partial charge >= 0.3 is 0 Å². The molecule has 1 atom stereocenters. The summed E-state index contributed by atoms with van der Waals surface area (Å²) in [5, 5.41) is 0. The third kappa shape index (κ3) is 3.03. The van der Waals surface area contributed by atoms with E-state index in [1.807, 2.05) is 13.0 Å². The number of ketones is 1. The molecule has 1 aromatic carbocycles. The Labute approximate surface area is 127 Å². The zero-order valence-electron chi connectivity index (χ0n) is 11.7. The molecule has 0 N–H and O–H groups in total. The number of hydrogen-bond acceptors (Lipinski definition) is 3. The van der Waals surface area contributed by atoms with Crippen LogP contribution in [-0.4, -0.2) is 36.8 Å². The molecule has 1 heterocycles. The van der Waals surface area contributed by atoms with Gasteiger partial charge in [0.15, 0.2) is 0 Å². The van der Waals surface area contributed by atoms with Crippen molar-refractivity contribution in [2.24, 2.45) is 5.92 Å². The summed E-state index contributed by atoms with van der Waals surface area (Å²) in [4.78, 5) is 26.1. The molecule has 1 aliphatic rings. The lowest BCUT2D eigenvalue weighted by molar-refractivity contribution is -0.125. The lowest BCUT2D eigenvalue weighted by atomic mass is 9.93. The number of benzene rings is 1. The number of halogens is 1. The zero-order chi connectivity index (χ0) is 14.7. The summed E-state index contributed by atoms with van der Waals surface area (Å²) in [7, 11) is 1.55. The number of hydrogen-bond donors (Lipinski definition) is 0. The number of Topliss-reactive ketones (excluding diaryl/α,β-unsaturated/α-hetero) is 1. The highest BCUT2D eigenvalue weighted by Gasteiger charge is 2.30. The summed E-state index contributed by atoms with van der Waals surface area (Å²) < 4.78 is 6.13. The second-order valence-corrected chi connectivity index (χ2v) is 5.83. The fourth-order valence-electron chi connectivity index (χ4n) is 2.46. The number of carbonyl (C=O) groups excluding carboxylic acids is 2. The zero-order valence-corrected chi connectivity index (χ0v) is 13.3. The van der Waals surface area contributed by atoms with Crippen LogP contribution in [0.1, 0.15) is 30.1 Å². The van der Waals surface area contributed by atoms with Gasteiger partial charge in [-0.3, -0.25) is 9.59 Å². The van der Waals surface area contributed by atoms with Crippen LogP contribution in [-0.2, 0) is 4.79 Å². The number of rotatable bonds is 3. The summed E-state index contributed by atoms with van der Waals surface area (Å²) in [6, 6.07) is 5.35. The monoisotopic (exact) mass is 339 g/mol. The van der Waals surface area contributed by atoms with Crippen molar-refractivity contribution in [2.45, 2.75) is 19.8 Å². The standard InChI is InChI=1S/C15H18BrNO3/c1-3-10-9-17(7-6-13(10)18)15(19)12-5-4-11(16)8-14(12)20-2/h4-5,8,10H,3,6-7,9H2,1-2H3. The molecular weight excluding hydrogens is 322 g/mol. The summed E-state index contributed by atoms with van der Waals surface area (Å²) in [6.45, 7) is 2.98. The van der Waals surface area contributed by atoms with Gasteiger partial charge in [-0.2, -0.15) is 0 Å². The van der Waals surface area contributed by atoms with Crippen molar-refractivity contribution in [3.05, 3.63) is 28.2 Å². The van der Waals surface area contributed by atoms with E-state index in [-0.39, 0.29) is 17.6 Å². The topological polar surface area (TPSA) is 46.6 Å². The van der Waals surface area contributed by atoms with Gasteiger partial charge in [0.05, 0.1) is 12.7 Å². The maximum absolute atomic E-state index is 12.6. The van der Waals surface area contributed by atoms with Gasteiger partial charge in [0.1, 0.15) is 11.5 Å². The fraction of sp³-hybridized carbons (Fsp3) is 0.467. The highest BCUT2D eigenvalue weighted by Crippen LogP contribution is 2.26. The van der Waals surface area contributed by atoms with Crippen molar-refractivity contribution in [1.82, 2.24) is 4.90 Å². The average Bonchev–Trinajstić information content (AvgIpc) is 2.46. The first-order valence-corrected chi connectivity index (χ1v) is 7.51. The van der Waals surface area contributed by atoms with E-state index in [1.54, 1.807) is 24.1 Å². The van der Waals surface area contributed by atoms with Gasteiger partial charge < -0.3 is 9.64 Å². The third-order valence-corrected chi connectivity index (χ3v) is 4.19. The Morgan fingerprint density at radius 3 is 2.90 bits per heavy atom. The molecule has 1 saturated heterocycles. The summed E-state index contributed by atoms with van der Waals surface area (Å²) >= 11 is 3.36. The van der Waals surface area contributed by atoms with Crippen LogP contribution < -0.4 is 4.74 Å². The molecule has 20 heavy (non-hydrogen) atoms. The van der Waals surface area contributed by atoms with Crippen LogP contribution in [0.15, 0.2) is 22.7 Å². The Bertz CT molecular complexity index is 530. The quantitative estimate of drug-likeness (QED) is 0.850. The lowest BCUT2D eigenvalue weighted by Gasteiger charge is -2.31. The van der Waals surface area contributed by atoms with Crippen LogP contribution >= 0.6 is 15.9 Å². The number of amides is 1. The molecule has 0 aliphatic carbocycles. The first kappa shape index (κ1) is 15.0. The molecule has 0 saturated carbocycles. The molecule has 5 heteroatoms. The number of piperidine rings is 1. The maximum atomic E-state index is 12.6. The summed E-state index contributed by atoms with van der Waals surface area (Å²) in [6.07, 6.45) is 1.23. The van der Waals surface area contributed by atoms with Crippen LogP contribution in [0.25, 0.3) is 0 Å². The predicted octanol–water partition coefficient (Wildman–Crippen LogP) is 2.90. The van der Waals surface area contributed by atoms with Gasteiger partial charge in [-0.25, -0.2) is 0 Å². The van der Waals surface area contributed by atoms with E-state index in [0.717, 1.165) is 10.9 Å². The molecule has 1 unspecified atom stereocenters. The molecule has 0 radical (unpaired) electrons. The SMILES string of the molecule is CCC1CN(C(=O)c2ccc(Br)cc2OC)CCC1=O. The van der Waals surface area contributed by atoms with Gasteiger partial charge in [-0.1, -0.05) is 22.9 Å². The molecule has 0 bridgehead atoms. The highest BCUT2D eigenvalue weighted by atomic mass is 79.9. The van der Waals surface area contributed by atoms with E-state index < -0.39 is 0 Å². The van der Waals surface area contributed by atoms with Crippen molar-refractivity contribution in [3.63, 3.8) is 0 Å². The largest absolute Gasteiger partial charge is 0.496 e. The Kier molecular flexibility index (Phi) is 4.81. The molecule has 108 valence electrons. The maximum Gasteiger partial charge on any atom is 0.257 e. The number of ether oxygens (including phenoxy) is 1. The minimum Gasteiger partial charge on any atom is -0.496 e. The average molecular weight is 340 g/mol. The van der Waals surface area contributed by atoms with Crippen LogP contribution in [0, 0.1) is 5.92 Å². The number of carbonyl (C=O) groups is 2. The van der Waals surface area contributed by atoms with Gasteiger partial charge in [-0.05, 0) is 24.6 Å². The molecule has 0 spiro atoms. The number of nitrogens with zero attached hydrogens (tertiary/aromatic N) is 1. The first-order chi connectivity index (χ1) is 9.56. The van der Waals surface area contributed by atoms with Crippen LogP contribution in [0.3, 0.4) is 0 Å². The van der Waals surface area contributed by atoms with Gasteiger partial charge in [0.2, 0.25) is 0 Å². The molecule has 1 amide bonds. The van der Waals surface area contributed by atoms with Crippen LogP contribution in [0.5, 0.6) is 5.75 Å². The molecule has 4 nitrogen and oxygen atoms in total. The number of likely N-dealkylation sites (tertiary alicyclic amines) is 1. The second kappa shape index (κ2) is 6.39. The van der Waals surface area contributed by atoms with Gasteiger partial charge in [0.25, 0.3) is 5.91 Å². The van der Waals surface area contributed by atoms with E-state index >= 15 is 0 Å². The first-order valence-electron chi connectivity index (χ1n) is 6.72. The van der Waals surface area contributed by atoms with Crippen molar-refractivity contribution < 1.29 is 14.3 Å². The fourth-order valence-corrected chi connectivity index (χ4v) is 2.80. The van der Waals surface area contributed by atoms with E-state index in [0.29, 0.717) is 30.8 Å². The van der Waals surface area contributed by atoms with E-state index in [9.17, 15) is 9.59 Å². The smallest absolute Gasteiger partial charge is 0.257 e. The van der Waals surface area contributed by atoms with Crippen LogP contribution in [0.2, 0.25) is 0 Å².